The van der Waals surface area contributed by atoms with Crippen molar-refractivity contribution in [3.8, 4) is 22.4 Å². The minimum atomic E-state index is -0.0247. The number of anilines is 1. The maximum absolute atomic E-state index is 13.2. The highest BCUT2D eigenvalue weighted by molar-refractivity contribution is 6.08. The van der Waals surface area contributed by atoms with Crippen molar-refractivity contribution in [3.05, 3.63) is 61.2 Å². The molecule has 1 aromatic carbocycles. The first-order valence-corrected chi connectivity index (χ1v) is 13.9. The summed E-state index contributed by atoms with van der Waals surface area (Å²) in [4.78, 5) is 37.9. The molecule has 8 rings (SSSR count). The highest BCUT2D eigenvalue weighted by Gasteiger charge is 2.45. The molecule has 0 atom stereocenters. The molecule has 2 amide bonds. The van der Waals surface area contributed by atoms with Gasteiger partial charge in [0.1, 0.15) is 17.8 Å². The smallest absolute Gasteiger partial charge is 0.254 e. The summed E-state index contributed by atoms with van der Waals surface area (Å²) in [5.41, 5.74) is 11.6. The second kappa shape index (κ2) is 9.32. The third-order valence-corrected chi connectivity index (χ3v) is 8.98. The number of rotatable bonds is 5. The average Bonchev–Trinajstić information content (AvgIpc) is 3.75. The van der Waals surface area contributed by atoms with Gasteiger partial charge in [0.05, 0.1) is 23.3 Å². The van der Waals surface area contributed by atoms with E-state index < -0.39 is 0 Å². The normalized spacial score (nSPS) is 20.6. The van der Waals surface area contributed by atoms with Gasteiger partial charge in [0.2, 0.25) is 5.91 Å². The Morgan fingerprint density at radius 1 is 1.05 bits per heavy atom. The third kappa shape index (κ3) is 3.81. The van der Waals surface area contributed by atoms with Gasteiger partial charge in [-0.2, -0.15) is 5.10 Å². The maximum Gasteiger partial charge on any atom is 0.254 e. The van der Waals surface area contributed by atoms with E-state index in [2.05, 4.69) is 22.7 Å². The number of carbonyl (C=O) groups excluding carboxylic acids is 2. The summed E-state index contributed by atoms with van der Waals surface area (Å²) in [7, 11) is 1.97. The largest absolute Gasteiger partial charge is 0.383 e. The minimum absolute atomic E-state index is 0.0247. The van der Waals surface area contributed by atoms with E-state index in [9.17, 15) is 9.59 Å². The van der Waals surface area contributed by atoms with Gasteiger partial charge in [-0.15, -0.1) is 0 Å². The number of nitrogen functional groups attached to an aromatic ring is 1. The molecular weight excluding hydrogens is 504 g/mol. The number of amides is 2. The van der Waals surface area contributed by atoms with Crippen LogP contribution in [-0.4, -0.2) is 71.6 Å². The van der Waals surface area contributed by atoms with Crippen LogP contribution in [0.3, 0.4) is 0 Å². The summed E-state index contributed by atoms with van der Waals surface area (Å²) < 4.78 is 4.04. The lowest BCUT2D eigenvalue weighted by Gasteiger charge is -2.31. The summed E-state index contributed by atoms with van der Waals surface area (Å²) in [6.45, 7) is 5.84. The van der Waals surface area contributed by atoms with Crippen LogP contribution in [0.4, 0.5) is 5.82 Å². The zero-order chi connectivity index (χ0) is 27.5. The number of hydrogen-bond acceptors (Lipinski definition) is 6. The van der Waals surface area contributed by atoms with E-state index in [1.54, 1.807) is 0 Å². The Morgan fingerprint density at radius 2 is 1.80 bits per heavy atom. The number of piperidine rings is 1. The van der Waals surface area contributed by atoms with Crippen molar-refractivity contribution in [1.82, 2.24) is 34.1 Å². The predicted octanol–water partition coefficient (Wildman–Crippen LogP) is 3.66. The van der Waals surface area contributed by atoms with Gasteiger partial charge in [-0.1, -0.05) is 18.7 Å². The molecule has 2 bridgehead atoms. The lowest BCUT2D eigenvalue weighted by Crippen LogP contribution is -2.38. The summed E-state index contributed by atoms with van der Waals surface area (Å²) in [6.07, 6.45) is 10.7. The van der Waals surface area contributed by atoms with Gasteiger partial charge >= 0.3 is 0 Å². The molecule has 3 saturated heterocycles. The van der Waals surface area contributed by atoms with E-state index in [1.165, 1.54) is 12.4 Å². The van der Waals surface area contributed by atoms with Crippen molar-refractivity contribution < 1.29 is 9.59 Å². The fourth-order valence-corrected chi connectivity index (χ4v) is 6.76. The minimum Gasteiger partial charge on any atom is -0.383 e. The second-order valence-corrected chi connectivity index (χ2v) is 11.2. The zero-order valence-corrected chi connectivity index (χ0v) is 22.5. The quantitative estimate of drug-likeness (QED) is 0.389. The fraction of sp³-hybridized carbons (Fsp3) is 0.367. The highest BCUT2D eigenvalue weighted by Crippen LogP contribution is 2.43. The van der Waals surface area contributed by atoms with Crippen LogP contribution in [0.2, 0.25) is 0 Å². The van der Waals surface area contributed by atoms with Crippen LogP contribution in [0.15, 0.2) is 55.6 Å². The molecule has 0 spiro atoms. The van der Waals surface area contributed by atoms with Crippen LogP contribution in [0.5, 0.6) is 0 Å². The van der Waals surface area contributed by atoms with Gasteiger partial charge in [0.15, 0.2) is 0 Å². The first-order chi connectivity index (χ1) is 19.4. The Balaban J connectivity index is 1.24. The molecule has 4 aromatic rings. The number of likely N-dealkylation sites (tertiary alicyclic amines) is 1. The van der Waals surface area contributed by atoms with Gasteiger partial charge in [-0.3, -0.25) is 14.3 Å². The average molecular weight is 537 g/mol. The number of benzene rings is 1. The third-order valence-electron chi connectivity index (χ3n) is 8.98. The van der Waals surface area contributed by atoms with Gasteiger partial charge in [0.25, 0.3) is 5.91 Å². The molecule has 4 fully saturated rings. The van der Waals surface area contributed by atoms with Crippen LogP contribution in [0.1, 0.15) is 42.1 Å². The molecule has 1 aliphatic carbocycles. The Labute approximate surface area is 232 Å². The fourth-order valence-electron chi connectivity index (χ4n) is 6.76. The van der Waals surface area contributed by atoms with E-state index >= 15 is 0 Å². The first kappa shape index (κ1) is 24.6. The van der Waals surface area contributed by atoms with Gasteiger partial charge in [-0.25, -0.2) is 9.97 Å². The molecule has 1 saturated carbocycles. The van der Waals surface area contributed by atoms with E-state index in [1.807, 2.05) is 56.6 Å². The van der Waals surface area contributed by atoms with Crippen LogP contribution in [0, 0.1) is 5.92 Å². The van der Waals surface area contributed by atoms with Gasteiger partial charge < -0.3 is 20.1 Å². The molecule has 10 nitrogen and oxygen atoms in total. The molecule has 2 N–H and O–H groups in total. The molecular formula is C30H32N8O2. The Kier molecular flexibility index (Phi) is 5.72. The topological polar surface area (TPSA) is 115 Å². The number of nitrogens with zero attached hydrogens (tertiary/aromatic N) is 7. The second-order valence-electron chi connectivity index (χ2n) is 11.2. The van der Waals surface area contributed by atoms with Crippen LogP contribution in [0.25, 0.3) is 33.4 Å². The molecule has 204 valence electrons. The Hall–Kier alpha value is -4.47. The van der Waals surface area contributed by atoms with Crippen LogP contribution in [-0.2, 0) is 11.8 Å². The van der Waals surface area contributed by atoms with Gasteiger partial charge in [0, 0.05) is 55.6 Å². The lowest BCUT2D eigenvalue weighted by molar-refractivity contribution is -0.127. The van der Waals surface area contributed by atoms with E-state index in [4.69, 9.17) is 10.8 Å². The SMILES string of the molecule is C=CC(=O)N1CCC(n2cc(-c3c(-c4ccc(C(=O)N5CC6CC5C6)cc4)c4c(N)ncnc4n3C)cn2)CC1. The Bertz CT molecular complexity index is 1640. The van der Waals surface area contributed by atoms with E-state index in [0.29, 0.717) is 36.4 Å². The van der Waals surface area contributed by atoms with Crippen LogP contribution >= 0.6 is 0 Å². The number of aromatic nitrogens is 5. The molecule has 3 aliphatic heterocycles. The predicted molar refractivity (Wildman–Crippen MR) is 152 cm³/mol. The molecule has 0 radical (unpaired) electrons. The highest BCUT2D eigenvalue weighted by atomic mass is 16.2. The van der Waals surface area contributed by atoms with Crippen molar-refractivity contribution >= 4 is 28.7 Å². The summed E-state index contributed by atoms with van der Waals surface area (Å²) >= 11 is 0. The van der Waals surface area contributed by atoms with Gasteiger partial charge in [-0.05, 0) is 55.4 Å². The maximum atomic E-state index is 13.2. The lowest BCUT2D eigenvalue weighted by atomic mass is 9.86. The monoisotopic (exact) mass is 536 g/mol. The molecule has 0 unspecified atom stereocenters. The number of aryl methyl sites for hydroxylation is 1. The number of hydrogen-bond donors (Lipinski definition) is 1. The van der Waals surface area contributed by atoms with Crippen molar-refractivity contribution in [2.24, 2.45) is 13.0 Å². The van der Waals surface area contributed by atoms with Crippen molar-refractivity contribution in [2.75, 3.05) is 25.4 Å². The zero-order valence-electron chi connectivity index (χ0n) is 22.5. The summed E-state index contributed by atoms with van der Waals surface area (Å²) in [6, 6.07) is 8.43. The summed E-state index contributed by atoms with van der Waals surface area (Å²) in [5.74, 6) is 1.17. The number of fused-ring (bicyclic) bond motifs is 2. The first-order valence-electron chi connectivity index (χ1n) is 13.9. The van der Waals surface area contributed by atoms with E-state index in [0.717, 1.165) is 65.6 Å². The standard InChI is InChI=1S/C30H32N8O2/c1-3-24(39)36-10-8-22(9-11-36)38-16-21(14-34-38)27-25(26-28(31)32-17-33-29(26)35(27)2)19-4-6-20(7-5-19)30(40)37-15-18-12-23(37)13-18/h3-7,14,16-18,22-23H,1,8-13,15H2,2H3,(H2,31,32,33). The molecule has 3 aromatic heterocycles. The Morgan fingerprint density at radius 3 is 2.48 bits per heavy atom. The number of carbonyl (C=O) groups is 2. The molecule has 40 heavy (non-hydrogen) atoms. The van der Waals surface area contributed by atoms with E-state index in [-0.39, 0.29) is 17.9 Å². The van der Waals surface area contributed by atoms with Crippen molar-refractivity contribution in [2.45, 2.75) is 37.8 Å². The molecule has 6 heterocycles. The number of nitrogens with two attached hydrogens (primary N) is 1. The molecule has 10 heteroatoms. The van der Waals surface area contributed by atoms with Crippen molar-refractivity contribution in [3.63, 3.8) is 0 Å². The van der Waals surface area contributed by atoms with Crippen molar-refractivity contribution in [1.29, 1.82) is 0 Å². The molecule has 4 aliphatic rings. The van der Waals surface area contributed by atoms with Crippen LogP contribution < -0.4 is 5.73 Å². The summed E-state index contributed by atoms with van der Waals surface area (Å²) in [5, 5.41) is 5.51.